The first-order valence-electron chi connectivity index (χ1n) is 6.44. The lowest BCUT2D eigenvalue weighted by Crippen LogP contribution is -2.49. The van der Waals surface area contributed by atoms with E-state index < -0.39 is 0 Å². The maximum absolute atomic E-state index is 12.1. The van der Waals surface area contributed by atoms with Gasteiger partial charge in [-0.1, -0.05) is 6.07 Å². The van der Waals surface area contributed by atoms with Crippen LogP contribution in [0, 0.1) is 0 Å². The molecule has 2 heterocycles. The van der Waals surface area contributed by atoms with E-state index in [1.165, 1.54) is 0 Å². The molecule has 98 valence electrons. The van der Waals surface area contributed by atoms with Gasteiger partial charge in [0.25, 0.3) is 5.91 Å². The smallest absolute Gasteiger partial charge is 0.272 e. The summed E-state index contributed by atoms with van der Waals surface area (Å²) in [6.45, 7) is 5.17. The minimum Gasteiger partial charge on any atom is -0.335 e. The third-order valence-corrected chi connectivity index (χ3v) is 3.22. The Kier molecular flexibility index (Phi) is 4.66. The summed E-state index contributed by atoms with van der Waals surface area (Å²) in [7, 11) is 0. The highest BCUT2D eigenvalue weighted by Crippen LogP contribution is 2.07. The van der Waals surface area contributed by atoms with Gasteiger partial charge in [-0.25, -0.2) is 0 Å². The molecule has 0 radical (unpaired) electrons. The third kappa shape index (κ3) is 3.27. The Labute approximate surface area is 108 Å². The van der Waals surface area contributed by atoms with Gasteiger partial charge in [-0.15, -0.1) is 0 Å². The predicted octanol–water partition coefficient (Wildman–Crippen LogP) is 0.188. The summed E-state index contributed by atoms with van der Waals surface area (Å²) in [5.41, 5.74) is 6.03. The lowest BCUT2D eigenvalue weighted by molar-refractivity contribution is 0.0631. The maximum Gasteiger partial charge on any atom is 0.272 e. The molecule has 0 aromatic carbocycles. The summed E-state index contributed by atoms with van der Waals surface area (Å²) in [6.07, 6.45) is 2.68. The molecule has 1 fully saturated rings. The van der Waals surface area contributed by atoms with Crippen LogP contribution in [-0.4, -0.2) is 60.0 Å². The molecule has 0 bridgehead atoms. The van der Waals surface area contributed by atoms with Crippen LogP contribution in [0.1, 0.15) is 16.9 Å². The summed E-state index contributed by atoms with van der Waals surface area (Å²) in [5.74, 6) is 0.0362. The van der Waals surface area contributed by atoms with Gasteiger partial charge in [-0.3, -0.25) is 14.7 Å². The Hall–Kier alpha value is -1.46. The van der Waals surface area contributed by atoms with Gasteiger partial charge in [0.05, 0.1) is 0 Å². The molecular weight excluding hydrogens is 228 g/mol. The maximum atomic E-state index is 12.1. The van der Waals surface area contributed by atoms with E-state index in [1.54, 1.807) is 12.3 Å². The second-order valence-electron chi connectivity index (χ2n) is 4.49. The van der Waals surface area contributed by atoms with Crippen LogP contribution in [0.5, 0.6) is 0 Å². The fourth-order valence-electron chi connectivity index (χ4n) is 2.14. The van der Waals surface area contributed by atoms with Gasteiger partial charge in [0, 0.05) is 32.4 Å². The number of pyridine rings is 1. The molecule has 0 unspecified atom stereocenters. The van der Waals surface area contributed by atoms with Crippen LogP contribution in [0.2, 0.25) is 0 Å². The molecule has 0 aliphatic carbocycles. The lowest BCUT2D eigenvalue weighted by atomic mass is 10.2. The third-order valence-electron chi connectivity index (χ3n) is 3.22. The Balaban J connectivity index is 1.84. The second-order valence-corrected chi connectivity index (χ2v) is 4.49. The van der Waals surface area contributed by atoms with Crippen molar-refractivity contribution in [2.24, 2.45) is 5.73 Å². The van der Waals surface area contributed by atoms with Gasteiger partial charge in [0.15, 0.2) is 0 Å². The molecule has 0 spiro atoms. The van der Waals surface area contributed by atoms with Gasteiger partial charge < -0.3 is 10.6 Å². The van der Waals surface area contributed by atoms with Crippen molar-refractivity contribution in [3.63, 3.8) is 0 Å². The van der Waals surface area contributed by atoms with Gasteiger partial charge >= 0.3 is 0 Å². The van der Waals surface area contributed by atoms with E-state index in [-0.39, 0.29) is 5.91 Å². The van der Waals surface area contributed by atoms with Gasteiger partial charge in [-0.2, -0.15) is 0 Å². The molecule has 18 heavy (non-hydrogen) atoms. The first kappa shape index (κ1) is 13.0. The molecule has 1 aliphatic rings. The number of carbonyl (C=O) groups excluding carboxylic acids is 1. The number of rotatable bonds is 4. The van der Waals surface area contributed by atoms with E-state index in [0.29, 0.717) is 5.69 Å². The molecule has 1 aliphatic heterocycles. The average Bonchev–Trinajstić information content (AvgIpc) is 2.46. The van der Waals surface area contributed by atoms with Crippen LogP contribution in [0.15, 0.2) is 24.4 Å². The number of aromatic nitrogens is 1. The van der Waals surface area contributed by atoms with E-state index in [2.05, 4.69) is 9.88 Å². The van der Waals surface area contributed by atoms with Crippen molar-refractivity contribution >= 4 is 5.91 Å². The number of piperazine rings is 1. The van der Waals surface area contributed by atoms with Crippen molar-refractivity contribution in [3.05, 3.63) is 30.1 Å². The summed E-state index contributed by atoms with van der Waals surface area (Å²) < 4.78 is 0. The molecule has 0 saturated carbocycles. The summed E-state index contributed by atoms with van der Waals surface area (Å²) >= 11 is 0. The van der Waals surface area contributed by atoms with Crippen molar-refractivity contribution < 1.29 is 4.79 Å². The number of carbonyl (C=O) groups is 1. The van der Waals surface area contributed by atoms with Gasteiger partial charge in [0.1, 0.15) is 5.69 Å². The van der Waals surface area contributed by atoms with Crippen molar-refractivity contribution in [2.45, 2.75) is 6.42 Å². The highest BCUT2D eigenvalue weighted by molar-refractivity contribution is 5.92. The molecule has 5 heteroatoms. The molecular formula is C13H20N4O. The normalized spacial score (nSPS) is 16.8. The summed E-state index contributed by atoms with van der Waals surface area (Å²) in [6, 6.07) is 5.43. The standard InChI is InChI=1S/C13H20N4O/c14-5-3-7-16-8-10-17(11-9-16)13(18)12-4-1-2-6-15-12/h1-2,4,6H,3,5,7-11,14H2. The minimum absolute atomic E-state index is 0.0362. The molecule has 1 saturated heterocycles. The molecule has 2 rings (SSSR count). The molecule has 0 atom stereocenters. The number of nitrogens with zero attached hydrogens (tertiary/aromatic N) is 3. The highest BCUT2D eigenvalue weighted by Gasteiger charge is 2.22. The molecule has 1 aromatic rings. The largest absolute Gasteiger partial charge is 0.335 e. The van der Waals surface area contributed by atoms with Crippen LogP contribution in [0.4, 0.5) is 0 Å². The molecule has 1 amide bonds. The first-order chi connectivity index (χ1) is 8.81. The van der Waals surface area contributed by atoms with Crippen LogP contribution >= 0.6 is 0 Å². The number of amides is 1. The number of hydrogen-bond acceptors (Lipinski definition) is 4. The Morgan fingerprint density at radius 1 is 1.28 bits per heavy atom. The van der Waals surface area contributed by atoms with E-state index in [0.717, 1.165) is 45.7 Å². The van der Waals surface area contributed by atoms with Crippen LogP contribution in [0.3, 0.4) is 0 Å². The number of nitrogens with two attached hydrogens (primary N) is 1. The fourth-order valence-corrected chi connectivity index (χ4v) is 2.14. The molecule has 5 nitrogen and oxygen atoms in total. The van der Waals surface area contributed by atoms with E-state index in [4.69, 9.17) is 5.73 Å². The summed E-state index contributed by atoms with van der Waals surface area (Å²) in [4.78, 5) is 20.5. The number of hydrogen-bond donors (Lipinski definition) is 1. The highest BCUT2D eigenvalue weighted by atomic mass is 16.2. The lowest BCUT2D eigenvalue weighted by Gasteiger charge is -2.34. The fraction of sp³-hybridized carbons (Fsp3) is 0.538. The zero-order valence-corrected chi connectivity index (χ0v) is 10.6. The minimum atomic E-state index is 0.0362. The van der Waals surface area contributed by atoms with Crippen molar-refractivity contribution in [3.8, 4) is 0 Å². The van der Waals surface area contributed by atoms with Gasteiger partial charge in [0.2, 0.25) is 0 Å². The van der Waals surface area contributed by atoms with Crippen molar-refractivity contribution in [1.29, 1.82) is 0 Å². The first-order valence-corrected chi connectivity index (χ1v) is 6.44. The Morgan fingerprint density at radius 2 is 2.06 bits per heavy atom. The average molecular weight is 248 g/mol. The van der Waals surface area contributed by atoms with Crippen molar-refractivity contribution in [2.75, 3.05) is 39.3 Å². The topological polar surface area (TPSA) is 62.5 Å². The SMILES string of the molecule is NCCCN1CCN(C(=O)c2ccccn2)CC1. The van der Waals surface area contributed by atoms with E-state index >= 15 is 0 Å². The predicted molar refractivity (Wildman–Crippen MR) is 70.3 cm³/mol. The molecule has 2 N–H and O–H groups in total. The monoisotopic (exact) mass is 248 g/mol. The zero-order valence-electron chi connectivity index (χ0n) is 10.6. The quantitative estimate of drug-likeness (QED) is 0.826. The van der Waals surface area contributed by atoms with Crippen LogP contribution < -0.4 is 5.73 Å². The van der Waals surface area contributed by atoms with Crippen LogP contribution in [0.25, 0.3) is 0 Å². The summed E-state index contributed by atoms with van der Waals surface area (Å²) in [5, 5.41) is 0. The van der Waals surface area contributed by atoms with Crippen molar-refractivity contribution in [1.82, 2.24) is 14.8 Å². The Bertz CT molecular complexity index is 374. The second kappa shape index (κ2) is 6.47. The zero-order chi connectivity index (χ0) is 12.8. The van der Waals surface area contributed by atoms with Gasteiger partial charge in [-0.05, 0) is 31.6 Å². The molecule has 1 aromatic heterocycles. The Morgan fingerprint density at radius 3 is 2.67 bits per heavy atom. The van der Waals surface area contributed by atoms with E-state index in [9.17, 15) is 4.79 Å². The van der Waals surface area contributed by atoms with E-state index in [1.807, 2.05) is 17.0 Å². The van der Waals surface area contributed by atoms with Crippen LogP contribution in [-0.2, 0) is 0 Å².